The number of benzene rings is 2. The molecule has 0 saturated heterocycles. The van der Waals surface area contributed by atoms with Crippen molar-refractivity contribution in [2.75, 3.05) is 0 Å². The van der Waals surface area contributed by atoms with Gasteiger partial charge in [0.1, 0.15) is 0 Å². The minimum Gasteiger partial charge on any atom is -0.241 e. The lowest BCUT2D eigenvalue weighted by molar-refractivity contribution is 0.881. The van der Waals surface area contributed by atoms with E-state index >= 15 is 0 Å². The Bertz CT molecular complexity index is 643. The second kappa shape index (κ2) is 4.78. The Balaban J connectivity index is 1.99. The van der Waals surface area contributed by atoms with Gasteiger partial charge < -0.3 is 0 Å². The maximum atomic E-state index is 4.21. The molecule has 18 heavy (non-hydrogen) atoms. The molecule has 0 amide bonds. The molecule has 0 bridgehead atoms. The highest BCUT2D eigenvalue weighted by Crippen LogP contribution is 2.28. The van der Waals surface area contributed by atoms with Crippen LogP contribution in [0.15, 0.2) is 71.5 Å². The molecular formula is C15H11BrN2. The van der Waals surface area contributed by atoms with Crippen LogP contribution in [-0.4, -0.2) is 9.78 Å². The van der Waals surface area contributed by atoms with Crippen LogP contribution in [0.2, 0.25) is 0 Å². The summed E-state index contributed by atoms with van der Waals surface area (Å²) >= 11 is 3.57. The predicted molar refractivity (Wildman–Crippen MR) is 76.7 cm³/mol. The molecule has 0 aliphatic heterocycles. The zero-order chi connectivity index (χ0) is 12.4. The molecule has 2 nitrogen and oxygen atoms in total. The lowest BCUT2D eigenvalue weighted by atomic mass is 10.1. The fraction of sp³-hybridized carbons (Fsp3) is 0. The van der Waals surface area contributed by atoms with Crippen LogP contribution in [0.25, 0.3) is 16.8 Å². The third-order valence-electron chi connectivity index (χ3n) is 2.82. The third-order valence-corrected chi connectivity index (χ3v) is 3.51. The van der Waals surface area contributed by atoms with E-state index in [0.29, 0.717) is 0 Å². The molecule has 3 rings (SSSR count). The number of halogens is 1. The molecule has 0 radical (unpaired) electrons. The Morgan fingerprint density at radius 1 is 0.889 bits per heavy atom. The van der Waals surface area contributed by atoms with Gasteiger partial charge in [0.2, 0.25) is 0 Å². The van der Waals surface area contributed by atoms with Crippen LogP contribution in [0.1, 0.15) is 0 Å². The van der Waals surface area contributed by atoms with Gasteiger partial charge in [0.05, 0.1) is 5.69 Å². The molecule has 0 aliphatic rings. The summed E-state index contributed by atoms with van der Waals surface area (Å²) in [7, 11) is 0. The van der Waals surface area contributed by atoms with Crippen molar-refractivity contribution in [3.63, 3.8) is 0 Å². The molecular weight excluding hydrogens is 288 g/mol. The zero-order valence-corrected chi connectivity index (χ0v) is 11.2. The quantitative estimate of drug-likeness (QED) is 0.690. The lowest BCUT2D eigenvalue weighted by Crippen LogP contribution is -1.93. The van der Waals surface area contributed by atoms with E-state index in [-0.39, 0.29) is 0 Å². The standard InChI is InChI=1S/C15H11BrN2/c16-15-5-2-1-4-14(15)12-6-8-13(9-7-12)18-11-3-10-17-18/h1-11H. The minimum atomic E-state index is 1.07. The highest BCUT2D eigenvalue weighted by Gasteiger charge is 2.02. The van der Waals surface area contributed by atoms with Crippen molar-refractivity contribution in [1.82, 2.24) is 9.78 Å². The first kappa shape index (κ1) is 11.2. The van der Waals surface area contributed by atoms with Gasteiger partial charge >= 0.3 is 0 Å². The molecule has 1 heterocycles. The number of aromatic nitrogens is 2. The van der Waals surface area contributed by atoms with Gasteiger partial charge in [-0.25, -0.2) is 4.68 Å². The van der Waals surface area contributed by atoms with Crippen molar-refractivity contribution in [2.45, 2.75) is 0 Å². The summed E-state index contributed by atoms with van der Waals surface area (Å²) in [5.41, 5.74) is 3.46. The molecule has 88 valence electrons. The maximum Gasteiger partial charge on any atom is 0.0645 e. The Labute approximate surface area is 114 Å². The Morgan fingerprint density at radius 3 is 2.33 bits per heavy atom. The second-order valence-corrected chi connectivity index (χ2v) is 4.83. The van der Waals surface area contributed by atoms with Gasteiger partial charge in [0.25, 0.3) is 0 Å². The summed E-state index contributed by atoms with van der Waals surface area (Å²) in [5.74, 6) is 0. The average molecular weight is 299 g/mol. The molecule has 0 N–H and O–H groups in total. The summed E-state index contributed by atoms with van der Waals surface area (Å²) < 4.78 is 2.96. The molecule has 2 aromatic carbocycles. The summed E-state index contributed by atoms with van der Waals surface area (Å²) in [6.45, 7) is 0. The van der Waals surface area contributed by atoms with Crippen LogP contribution >= 0.6 is 15.9 Å². The van der Waals surface area contributed by atoms with E-state index in [0.717, 1.165) is 10.2 Å². The van der Waals surface area contributed by atoms with E-state index in [1.54, 1.807) is 6.20 Å². The molecule has 0 aliphatic carbocycles. The van der Waals surface area contributed by atoms with Gasteiger partial charge in [0, 0.05) is 16.9 Å². The average Bonchev–Trinajstić information content (AvgIpc) is 2.94. The predicted octanol–water partition coefficient (Wildman–Crippen LogP) is 4.30. The molecule has 0 unspecified atom stereocenters. The second-order valence-electron chi connectivity index (χ2n) is 3.98. The fourth-order valence-corrected chi connectivity index (χ4v) is 2.42. The van der Waals surface area contributed by atoms with Gasteiger partial charge in [-0.05, 0) is 35.4 Å². The Hall–Kier alpha value is -1.87. The van der Waals surface area contributed by atoms with E-state index < -0.39 is 0 Å². The van der Waals surface area contributed by atoms with Crippen molar-refractivity contribution in [2.24, 2.45) is 0 Å². The van der Waals surface area contributed by atoms with Crippen molar-refractivity contribution in [3.05, 3.63) is 71.5 Å². The van der Waals surface area contributed by atoms with E-state index in [1.165, 1.54) is 11.1 Å². The van der Waals surface area contributed by atoms with Crippen molar-refractivity contribution in [3.8, 4) is 16.8 Å². The molecule has 0 spiro atoms. The zero-order valence-electron chi connectivity index (χ0n) is 9.62. The molecule has 0 atom stereocenters. The van der Waals surface area contributed by atoms with E-state index in [1.807, 2.05) is 29.1 Å². The van der Waals surface area contributed by atoms with E-state index in [9.17, 15) is 0 Å². The van der Waals surface area contributed by atoms with Crippen molar-refractivity contribution in [1.29, 1.82) is 0 Å². The van der Waals surface area contributed by atoms with Crippen LogP contribution in [0.3, 0.4) is 0 Å². The van der Waals surface area contributed by atoms with E-state index in [2.05, 4.69) is 57.4 Å². The van der Waals surface area contributed by atoms with Gasteiger partial charge in [-0.3, -0.25) is 0 Å². The summed E-state index contributed by atoms with van der Waals surface area (Å²) in [5, 5.41) is 4.21. The normalized spacial score (nSPS) is 10.5. The molecule has 3 heteroatoms. The highest BCUT2D eigenvalue weighted by molar-refractivity contribution is 9.10. The van der Waals surface area contributed by atoms with E-state index in [4.69, 9.17) is 0 Å². The van der Waals surface area contributed by atoms with Gasteiger partial charge in [-0.15, -0.1) is 0 Å². The third kappa shape index (κ3) is 2.09. The van der Waals surface area contributed by atoms with Crippen LogP contribution in [-0.2, 0) is 0 Å². The van der Waals surface area contributed by atoms with Gasteiger partial charge in [-0.2, -0.15) is 5.10 Å². The monoisotopic (exact) mass is 298 g/mol. The van der Waals surface area contributed by atoms with Gasteiger partial charge in [0.15, 0.2) is 0 Å². The summed E-state index contributed by atoms with van der Waals surface area (Å²) in [6, 6.07) is 18.5. The van der Waals surface area contributed by atoms with Crippen LogP contribution in [0.5, 0.6) is 0 Å². The maximum absolute atomic E-state index is 4.21. The van der Waals surface area contributed by atoms with Crippen molar-refractivity contribution < 1.29 is 0 Å². The van der Waals surface area contributed by atoms with Crippen LogP contribution < -0.4 is 0 Å². The Kier molecular flexibility index (Phi) is 2.99. The largest absolute Gasteiger partial charge is 0.241 e. The number of nitrogens with zero attached hydrogens (tertiary/aromatic N) is 2. The minimum absolute atomic E-state index is 1.07. The Morgan fingerprint density at radius 2 is 1.67 bits per heavy atom. The first-order valence-corrected chi connectivity index (χ1v) is 6.49. The SMILES string of the molecule is Brc1ccccc1-c1ccc(-n2cccn2)cc1. The molecule has 0 fully saturated rings. The summed E-state index contributed by atoms with van der Waals surface area (Å²) in [4.78, 5) is 0. The number of rotatable bonds is 2. The topological polar surface area (TPSA) is 17.8 Å². The molecule has 0 saturated carbocycles. The lowest BCUT2D eigenvalue weighted by Gasteiger charge is -2.06. The number of hydrogen-bond donors (Lipinski definition) is 0. The number of hydrogen-bond acceptors (Lipinski definition) is 1. The molecule has 3 aromatic rings. The van der Waals surface area contributed by atoms with Gasteiger partial charge in [-0.1, -0.05) is 46.3 Å². The summed E-state index contributed by atoms with van der Waals surface area (Å²) in [6.07, 6.45) is 3.72. The highest BCUT2D eigenvalue weighted by atomic mass is 79.9. The van der Waals surface area contributed by atoms with Crippen molar-refractivity contribution >= 4 is 15.9 Å². The molecule has 1 aromatic heterocycles. The first-order valence-electron chi connectivity index (χ1n) is 5.69. The van der Waals surface area contributed by atoms with Crippen LogP contribution in [0, 0.1) is 0 Å². The fourth-order valence-electron chi connectivity index (χ4n) is 1.91. The van der Waals surface area contributed by atoms with Crippen LogP contribution in [0.4, 0.5) is 0 Å². The first-order chi connectivity index (χ1) is 8.84. The smallest absolute Gasteiger partial charge is 0.0645 e.